The van der Waals surface area contributed by atoms with Crippen LogP contribution in [0.4, 0.5) is 0 Å². The summed E-state index contributed by atoms with van der Waals surface area (Å²) < 4.78 is 4.97. The number of thiophene rings is 1. The van der Waals surface area contributed by atoms with E-state index in [1.807, 2.05) is 0 Å². The molecule has 0 bridgehead atoms. The number of aromatic hydroxyl groups is 1. The van der Waals surface area contributed by atoms with E-state index in [4.69, 9.17) is 4.74 Å². The van der Waals surface area contributed by atoms with Crippen LogP contribution >= 0.6 is 11.3 Å². The van der Waals surface area contributed by atoms with Gasteiger partial charge in [0.15, 0.2) is 11.5 Å². The third-order valence-electron chi connectivity index (χ3n) is 2.80. The van der Waals surface area contributed by atoms with Gasteiger partial charge in [-0.2, -0.15) is 5.10 Å². The molecule has 0 aliphatic carbocycles. The van der Waals surface area contributed by atoms with E-state index in [0.717, 1.165) is 0 Å². The number of para-hydroxylation sites is 1. The predicted molar refractivity (Wildman–Crippen MR) is 87.0 cm³/mol. The van der Waals surface area contributed by atoms with Crippen molar-refractivity contribution in [1.82, 2.24) is 10.7 Å². The molecule has 120 valence electrons. The van der Waals surface area contributed by atoms with Gasteiger partial charge in [-0.3, -0.25) is 9.59 Å². The first-order chi connectivity index (χ1) is 11.1. The SMILES string of the molecule is COc1cccc(/C=N/NC(=O)CNC(=O)c2cccs2)c1O. The van der Waals surface area contributed by atoms with Gasteiger partial charge in [-0.15, -0.1) is 11.3 Å². The molecule has 0 saturated heterocycles. The van der Waals surface area contributed by atoms with Gasteiger partial charge in [-0.25, -0.2) is 5.43 Å². The van der Waals surface area contributed by atoms with E-state index in [1.54, 1.807) is 35.7 Å². The minimum atomic E-state index is -0.478. The van der Waals surface area contributed by atoms with Crippen molar-refractivity contribution >= 4 is 29.4 Å². The minimum Gasteiger partial charge on any atom is -0.504 e. The first-order valence-electron chi connectivity index (χ1n) is 6.61. The summed E-state index contributed by atoms with van der Waals surface area (Å²) in [5.74, 6) is -0.555. The zero-order valence-electron chi connectivity index (χ0n) is 12.3. The fourth-order valence-electron chi connectivity index (χ4n) is 1.68. The summed E-state index contributed by atoms with van der Waals surface area (Å²) in [6, 6.07) is 8.33. The Morgan fingerprint density at radius 2 is 2.17 bits per heavy atom. The third kappa shape index (κ3) is 4.55. The Morgan fingerprint density at radius 1 is 1.35 bits per heavy atom. The molecule has 2 amide bonds. The lowest BCUT2D eigenvalue weighted by molar-refractivity contribution is -0.120. The summed E-state index contributed by atoms with van der Waals surface area (Å²) in [5.41, 5.74) is 2.66. The number of benzene rings is 1. The monoisotopic (exact) mass is 333 g/mol. The van der Waals surface area contributed by atoms with Crippen molar-refractivity contribution < 1.29 is 19.4 Å². The normalized spacial score (nSPS) is 10.5. The maximum atomic E-state index is 11.7. The van der Waals surface area contributed by atoms with Crippen molar-refractivity contribution in [3.05, 3.63) is 46.2 Å². The van der Waals surface area contributed by atoms with Crippen LogP contribution in [0.5, 0.6) is 11.5 Å². The molecule has 0 saturated carbocycles. The van der Waals surface area contributed by atoms with Crippen LogP contribution in [0.2, 0.25) is 0 Å². The Balaban J connectivity index is 1.83. The molecule has 0 atom stereocenters. The minimum absolute atomic E-state index is 0.0704. The highest BCUT2D eigenvalue weighted by atomic mass is 32.1. The number of phenols is 1. The molecule has 2 rings (SSSR count). The second-order valence-corrected chi connectivity index (χ2v) is 5.30. The van der Waals surface area contributed by atoms with Crippen molar-refractivity contribution in [2.75, 3.05) is 13.7 Å². The van der Waals surface area contributed by atoms with Crippen LogP contribution in [0.15, 0.2) is 40.8 Å². The number of amides is 2. The van der Waals surface area contributed by atoms with Crippen LogP contribution in [0.1, 0.15) is 15.2 Å². The Labute approximate surface area is 136 Å². The van der Waals surface area contributed by atoms with Gasteiger partial charge in [0.25, 0.3) is 11.8 Å². The number of carbonyl (C=O) groups excluding carboxylic acids is 2. The molecule has 23 heavy (non-hydrogen) atoms. The number of carbonyl (C=O) groups is 2. The Morgan fingerprint density at radius 3 is 2.87 bits per heavy atom. The number of hydrazone groups is 1. The smallest absolute Gasteiger partial charge is 0.261 e. The third-order valence-corrected chi connectivity index (χ3v) is 3.67. The first-order valence-corrected chi connectivity index (χ1v) is 7.49. The lowest BCUT2D eigenvalue weighted by Gasteiger charge is -2.05. The molecule has 1 aromatic heterocycles. The highest BCUT2D eigenvalue weighted by Gasteiger charge is 2.08. The summed E-state index contributed by atoms with van der Waals surface area (Å²) in [6.07, 6.45) is 1.29. The van der Waals surface area contributed by atoms with E-state index in [9.17, 15) is 14.7 Å². The highest BCUT2D eigenvalue weighted by molar-refractivity contribution is 7.12. The number of hydrogen-bond acceptors (Lipinski definition) is 6. The average Bonchev–Trinajstić information content (AvgIpc) is 3.09. The number of nitrogens with one attached hydrogen (secondary N) is 2. The van der Waals surface area contributed by atoms with Gasteiger partial charge < -0.3 is 15.2 Å². The van der Waals surface area contributed by atoms with Crippen LogP contribution < -0.4 is 15.5 Å². The van der Waals surface area contributed by atoms with E-state index in [-0.39, 0.29) is 18.2 Å². The van der Waals surface area contributed by atoms with E-state index >= 15 is 0 Å². The summed E-state index contributed by atoms with van der Waals surface area (Å²) in [4.78, 5) is 23.8. The molecule has 1 heterocycles. The zero-order valence-corrected chi connectivity index (χ0v) is 13.1. The molecular weight excluding hydrogens is 318 g/mol. The molecule has 1 aromatic carbocycles. The van der Waals surface area contributed by atoms with Crippen LogP contribution in [0, 0.1) is 0 Å². The molecule has 0 fully saturated rings. The standard InChI is InChI=1S/C15H15N3O4S/c1-22-11-5-2-4-10(14(11)20)8-17-18-13(19)9-16-15(21)12-6-3-7-23-12/h2-8,20H,9H2,1H3,(H,16,21)(H,18,19)/b17-8+. The molecule has 0 aliphatic heterocycles. The van der Waals surface area contributed by atoms with Gasteiger partial charge in [0, 0.05) is 5.56 Å². The summed E-state index contributed by atoms with van der Waals surface area (Å²) in [7, 11) is 1.44. The van der Waals surface area contributed by atoms with Crippen molar-refractivity contribution in [3.8, 4) is 11.5 Å². The Bertz CT molecular complexity index is 714. The van der Waals surface area contributed by atoms with Crippen LogP contribution in [0.3, 0.4) is 0 Å². The van der Waals surface area contributed by atoms with Gasteiger partial charge in [0.2, 0.25) is 0 Å². The number of rotatable bonds is 6. The fourth-order valence-corrected chi connectivity index (χ4v) is 2.32. The van der Waals surface area contributed by atoms with E-state index < -0.39 is 5.91 Å². The second-order valence-electron chi connectivity index (χ2n) is 4.35. The molecule has 0 radical (unpaired) electrons. The summed E-state index contributed by atoms with van der Waals surface area (Å²) in [5, 5.41) is 17.8. The topological polar surface area (TPSA) is 100 Å². The van der Waals surface area contributed by atoms with Crippen LogP contribution in [-0.4, -0.2) is 36.8 Å². The summed E-state index contributed by atoms with van der Waals surface area (Å²) in [6.45, 7) is -0.196. The molecule has 8 heteroatoms. The number of methoxy groups -OCH3 is 1. The number of nitrogens with zero attached hydrogens (tertiary/aromatic N) is 1. The van der Waals surface area contributed by atoms with Crippen LogP contribution in [0.25, 0.3) is 0 Å². The van der Waals surface area contributed by atoms with Gasteiger partial charge in [-0.1, -0.05) is 12.1 Å². The van der Waals surface area contributed by atoms with Gasteiger partial charge in [0.1, 0.15) is 0 Å². The number of hydrogen-bond donors (Lipinski definition) is 3. The quantitative estimate of drug-likeness (QED) is 0.549. The van der Waals surface area contributed by atoms with Crippen molar-refractivity contribution in [2.24, 2.45) is 5.10 Å². The highest BCUT2D eigenvalue weighted by Crippen LogP contribution is 2.27. The van der Waals surface area contributed by atoms with Crippen molar-refractivity contribution in [3.63, 3.8) is 0 Å². The van der Waals surface area contributed by atoms with Crippen molar-refractivity contribution in [1.29, 1.82) is 0 Å². The largest absolute Gasteiger partial charge is 0.504 e. The average molecular weight is 333 g/mol. The lowest BCUT2D eigenvalue weighted by Crippen LogP contribution is -2.34. The number of phenolic OH excluding ortho intramolecular Hbond substituents is 1. The van der Waals surface area contributed by atoms with Crippen LogP contribution in [-0.2, 0) is 4.79 Å². The Kier molecular flexibility index (Phi) is 5.70. The van der Waals surface area contributed by atoms with Gasteiger partial charge in [0.05, 0.1) is 24.7 Å². The molecule has 0 aliphatic rings. The molecule has 3 N–H and O–H groups in total. The second kappa shape index (κ2) is 7.95. The maximum absolute atomic E-state index is 11.7. The van der Waals surface area contributed by atoms with E-state index in [0.29, 0.717) is 16.2 Å². The summed E-state index contributed by atoms with van der Waals surface area (Å²) >= 11 is 1.29. The molecule has 0 unspecified atom stereocenters. The van der Waals surface area contributed by atoms with E-state index in [1.165, 1.54) is 24.7 Å². The molecule has 7 nitrogen and oxygen atoms in total. The van der Waals surface area contributed by atoms with Gasteiger partial charge >= 0.3 is 0 Å². The maximum Gasteiger partial charge on any atom is 0.261 e. The molecular formula is C15H15N3O4S. The van der Waals surface area contributed by atoms with Gasteiger partial charge in [-0.05, 0) is 23.6 Å². The Hall–Kier alpha value is -2.87. The molecule has 0 spiro atoms. The first kappa shape index (κ1) is 16.5. The predicted octanol–water partition coefficient (Wildman–Crippen LogP) is 1.34. The molecule has 2 aromatic rings. The van der Waals surface area contributed by atoms with E-state index in [2.05, 4.69) is 15.8 Å². The van der Waals surface area contributed by atoms with Crippen molar-refractivity contribution in [2.45, 2.75) is 0 Å². The fraction of sp³-hybridized carbons (Fsp3) is 0.133. The number of ether oxygens (including phenoxy) is 1. The zero-order chi connectivity index (χ0) is 16.7. The lowest BCUT2D eigenvalue weighted by atomic mass is 10.2.